The van der Waals surface area contributed by atoms with Gasteiger partial charge in [0.05, 0.1) is 10.7 Å². The van der Waals surface area contributed by atoms with Crippen LogP contribution in [-0.2, 0) is 6.42 Å². The molecule has 0 aliphatic carbocycles. The van der Waals surface area contributed by atoms with E-state index >= 15 is 0 Å². The molecule has 0 fully saturated rings. The Kier molecular flexibility index (Phi) is 3.07. The van der Waals surface area contributed by atoms with Crippen LogP contribution < -0.4 is 5.73 Å². The summed E-state index contributed by atoms with van der Waals surface area (Å²) >= 11 is 1.54. The standard InChI is InChI=1S/C11H12N2O2S/c12-4-3-11-13-8(6-16-11)7-1-2-9(14)10(15)5-7/h1-2,5-6,14-15H,3-4,12H2. The Bertz CT molecular complexity index is 496. The molecule has 5 heteroatoms. The summed E-state index contributed by atoms with van der Waals surface area (Å²) in [6.07, 6.45) is 0.759. The van der Waals surface area contributed by atoms with Crippen molar-refractivity contribution in [3.63, 3.8) is 0 Å². The van der Waals surface area contributed by atoms with Gasteiger partial charge in [-0.2, -0.15) is 0 Å². The van der Waals surface area contributed by atoms with E-state index in [0.717, 1.165) is 22.7 Å². The monoisotopic (exact) mass is 236 g/mol. The first kappa shape index (κ1) is 10.9. The molecule has 0 unspecified atom stereocenters. The van der Waals surface area contributed by atoms with Gasteiger partial charge in [-0.3, -0.25) is 0 Å². The summed E-state index contributed by atoms with van der Waals surface area (Å²) in [4.78, 5) is 4.39. The zero-order valence-corrected chi connectivity index (χ0v) is 9.37. The first-order chi connectivity index (χ1) is 7.70. The van der Waals surface area contributed by atoms with Crippen molar-refractivity contribution in [3.8, 4) is 22.8 Å². The molecule has 0 spiro atoms. The molecule has 0 aliphatic heterocycles. The zero-order chi connectivity index (χ0) is 11.5. The highest BCUT2D eigenvalue weighted by Crippen LogP contribution is 2.30. The predicted octanol–water partition coefficient (Wildman–Crippen LogP) is 1.72. The van der Waals surface area contributed by atoms with Crippen molar-refractivity contribution in [2.75, 3.05) is 6.54 Å². The maximum atomic E-state index is 9.38. The molecule has 16 heavy (non-hydrogen) atoms. The normalized spacial score (nSPS) is 10.6. The largest absolute Gasteiger partial charge is 0.504 e. The average molecular weight is 236 g/mol. The second-order valence-electron chi connectivity index (χ2n) is 3.37. The first-order valence-corrected chi connectivity index (χ1v) is 5.75. The highest BCUT2D eigenvalue weighted by atomic mass is 32.1. The van der Waals surface area contributed by atoms with Gasteiger partial charge in [0.25, 0.3) is 0 Å². The van der Waals surface area contributed by atoms with Crippen molar-refractivity contribution in [1.29, 1.82) is 0 Å². The number of aromatic hydroxyl groups is 2. The number of hydrogen-bond donors (Lipinski definition) is 3. The summed E-state index contributed by atoms with van der Waals surface area (Å²) in [6.45, 7) is 0.577. The van der Waals surface area contributed by atoms with Crippen LogP contribution in [0.15, 0.2) is 23.6 Å². The molecule has 0 aliphatic rings. The molecular weight excluding hydrogens is 224 g/mol. The van der Waals surface area contributed by atoms with E-state index < -0.39 is 0 Å². The first-order valence-electron chi connectivity index (χ1n) is 4.87. The fourth-order valence-electron chi connectivity index (χ4n) is 1.36. The molecule has 4 nitrogen and oxygen atoms in total. The van der Waals surface area contributed by atoms with Crippen LogP contribution in [0, 0.1) is 0 Å². The lowest BCUT2D eigenvalue weighted by molar-refractivity contribution is 0.404. The average Bonchev–Trinajstić information content (AvgIpc) is 2.71. The Morgan fingerprint density at radius 2 is 2.06 bits per heavy atom. The zero-order valence-electron chi connectivity index (χ0n) is 8.55. The molecule has 1 heterocycles. The highest BCUT2D eigenvalue weighted by Gasteiger charge is 2.06. The van der Waals surface area contributed by atoms with Gasteiger partial charge in [-0.1, -0.05) is 0 Å². The molecule has 0 bridgehead atoms. The SMILES string of the molecule is NCCc1nc(-c2ccc(O)c(O)c2)cs1. The number of phenols is 2. The maximum Gasteiger partial charge on any atom is 0.158 e. The van der Waals surface area contributed by atoms with Crippen molar-refractivity contribution in [2.24, 2.45) is 5.73 Å². The summed E-state index contributed by atoms with van der Waals surface area (Å²) in [6, 6.07) is 4.67. The second-order valence-corrected chi connectivity index (χ2v) is 4.31. The summed E-state index contributed by atoms with van der Waals surface area (Å²) in [5.74, 6) is -0.257. The number of thiazole rings is 1. The Morgan fingerprint density at radius 1 is 1.25 bits per heavy atom. The van der Waals surface area contributed by atoms with E-state index in [4.69, 9.17) is 5.73 Å². The summed E-state index contributed by atoms with van der Waals surface area (Å²) in [5.41, 5.74) is 7.03. The Morgan fingerprint density at radius 3 is 2.75 bits per heavy atom. The lowest BCUT2D eigenvalue weighted by Gasteiger charge is -2.00. The minimum atomic E-state index is -0.133. The Hall–Kier alpha value is -1.59. The molecule has 1 aromatic heterocycles. The highest BCUT2D eigenvalue weighted by molar-refractivity contribution is 7.09. The second kappa shape index (κ2) is 4.51. The molecule has 84 valence electrons. The summed E-state index contributed by atoms with van der Waals surface area (Å²) in [7, 11) is 0. The van der Waals surface area contributed by atoms with E-state index in [2.05, 4.69) is 4.98 Å². The van der Waals surface area contributed by atoms with Crippen LogP contribution in [0.4, 0.5) is 0 Å². The van der Waals surface area contributed by atoms with E-state index in [1.807, 2.05) is 5.38 Å². The maximum absolute atomic E-state index is 9.38. The number of phenolic OH excluding ortho intramolecular Hbond substituents is 2. The fourth-order valence-corrected chi connectivity index (χ4v) is 2.19. The molecule has 0 amide bonds. The molecule has 2 rings (SSSR count). The third kappa shape index (κ3) is 2.15. The van der Waals surface area contributed by atoms with E-state index in [1.165, 1.54) is 12.1 Å². The molecule has 0 saturated carbocycles. The van der Waals surface area contributed by atoms with Gasteiger partial charge in [-0.05, 0) is 24.7 Å². The Labute approximate surface area is 97.0 Å². The number of benzene rings is 1. The quantitative estimate of drug-likeness (QED) is 0.709. The van der Waals surface area contributed by atoms with Crippen molar-refractivity contribution >= 4 is 11.3 Å². The third-order valence-corrected chi connectivity index (χ3v) is 3.09. The van der Waals surface area contributed by atoms with Crippen LogP contribution in [0.1, 0.15) is 5.01 Å². The summed E-state index contributed by atoms with van der Waals surface area (Å²) < 4.78 is 0. The van der Waals surface area contributed by atoms with Gasteiger partial charge in [-0.15, -0.1) is 11.3 Å². The van der Waals surface area contributed by atoms with Crippen LogP contribution >= 0.6 is 11.3 Å². The van der Waals surface area contributed by atoms with Gasteiger partial charge in [0.15, 0.2) is 11.5 Å². The topological polar surface area (TPSA) is 79.4 Å². The van der Waals surface area contributed by atoms with Crippen LogP contribution in [0.5, 0.6) is 11.5 Å². The molecule has 1 aromatic carbocycles. The van der Waals surface area contributed by atoms with Gasteiger partial charge in [-0.25, -0.2) is 4.98 Å². The molecule has 0 atom stereocenters. The molecule has 2 aromatic rings. The van der Waals surface area contributed by atoms with Crippen LogP contribution in [-0.4, -0.2) is 21.7 Å². The van der Waals surface area contributed by atoms with Crippen LogP contribution in [0.3, 0.4) is 0 Å². The van der Waals surface area contributed by atoms with E-state index in [0.29, 0.717) is 6.54 Å². The lowest BCUT2D eigenvalue weighted by Crippen LogP contribution is -2.01. The van der Waals surface area contributed by atoms with Gasteiger partial charge >= 0.3 is 0 Å². The number of rotatable bonds is 3. The van der Waals surface area contributed by atoms with Crippen molar-refractivity contribution in [3.05, 3.63) is 28.6 Å². The molecule has 0 saturated heterocycles. The smallest absolute Gasteiger partial charge is 0.158 e. The van der Waals surface area contributed by atoms with Crippen molar-refractivity contribution in [2.45, 2.75) is 6.42 Å². The predicted molar refractivity (Wildman–Crippen MR) is 63.6 cm³/mol. The van der Waals surface area contributed by atoms with Gasteiger partial charge in [0.2, 0.25) is 0 Å². The van der Waals surface area contributed by atoms with Gasteiger partial charge in [0.1, 0.15) is 0 Å². The van der Waals surface area contributed by atoms with Crippen molar-refractivity contribution < 1.29 is 10.2 Å². The fraction of sp³-hybridized carbons (Fsp3) is 0.182. The summed E-state index contributed by atoms with van der Waals surface area (Å²) in [5, 5.41) is 21.5. The number of nitrogens with two attached hydrogens (primary N) is 1. The van der Waals surface area contributed by atoms with Crippen LogP contribution in [0.25, 0.3) is 11.3 Å². The number of hydrogen-bond acceptors (Lipinski definition) is 5. The van der Waals surface area contributed by atoms with Gasteiger partial charge < -0.3 is 15.9 Å². The van der Waals surface area contributed by atoms with Crippen molar-refractivity contribution in [1.82, 2.24) is 4.98 Å². The Balaban J connectivity index is 2.31. The molecule has 4 N–H and O–H groups in total. The lowest BCUT2D eigenvalue weighted by atomic mass is 10.1. The van der Waals surface area contributed by atoms with Crippen LogP contribution in [0.2, 0.25) is 0 Å². The number of aromatic nitrogens is 1. The van der Waals surface area contributed by atoms with E-state index in [9.17, 15) is 10.2 Å². The third-order valence-electron chi connectivity index (χ3n) is 2.18. The molecular formula is C11H12N2O2S. The van der Waals surface area contributed by atoms with E-state index in [-0.39, 0.29) is 11.5 Å². The van der Waals surface area contributed by atoms with E-state index in [1.54, 1.807) is 17.4 Å². The minimum Gasteiger partial charge on any atom is -0.504 e. The minimum absolute atomic E-state index is 0.124. The van der Waals surface area contributed by atoms with Gasteiger partial charge in [0, 0.05) is 17.4 Å². The molecule has 0 radical (unpaired) electrons. The number of nitrogens with zero attached hydrogens (tertiary/aromatic N) is 1.